The van der Waals surface area contributed by atoms with Crippen molar-refractivity contribution < 1.29 is 14.4 Å². The van der Waals surface area contributed by atoms with Crippen LogP contribution in [-0.4, -0.2) is 51.9 Å². The number of thioether (sulfide) groups is 1. The van der Waals surface area contributed by atoms with E-state index in [-0.39, 0.29) is 24.1 Å². The number of imide groups is 1. The molecule has 2 fully saturated rings. The van der Waals surface area contributed by atoms with Crippen LogP contribution in [0.4, 0.5) is 0 Å². The number of benzene rings is 3. The second-order valence-corrected chi connectivity index (χ2v) is 12.6. The lowest BCUT2D eigenvalue weighted by Gasteiger charge is -2.29. The number of fused-ring (bicyclic) bond motifs is 1. The Hall–Kier alpha value is -3.13. The molecule has 3 amide bonds. The summed E-state index contributed by atoms with van der Waals surface area (Å²) < 4.78 is 0. The van der Waals surface area contributed by atoms with E-state index < -0.39 is 6.04 Å². The van der Waals surface area contributed by atoms with Crippen LogP contribution in [0.25, 0.3) is 11.1 Å². The van der Waals surface area contributed by atoms with Crippen molar-refractivity contribution in [2.45, 2.75) is 61.4 Å². The molecule has 2 unspecified atom stereocenters. The molecule has 3 aliphatic rings. The van der Waals surface area contributed by atoms with E-state index >= 15 is 0 Å². The van der Waals surface area contributed by atoms with Crippen LogP contribution in [0.1, 0.15) is 53.6 Å². The van der Waals surface area contributed by atoms with Crippen LogP contribution in [0, 0.1) is 0 Å². The maximum Gasteiger partial charge on any atom is 0.255 e. The highest BCUT2D eigenvalue weighted by molar-refractivity contribution is 8.00. The molecule has 1 N–H and O–H groups in total. The van der Waals surface area contributed by atoms with Crippen molar-refractivity contribution in [2.24, 2.45) is 0 Å². The van der Waals surface area contributed by atoms with Crippen LogP contribution in [0.3, 0.4) is 0 Å². The SMILES string of the molecule is O=C1CCC(N2Cc3cc(SC4CCCN(Cc5ccccc5-c5ccc(Cl)cc5)CC4)ccc3C2=O)C(=O)N1. The predicted molar refractivity (Wildman–Crippen MR) is 158 cm³/mol. The number of carbonyl (C=O) groups is 3. The first kappa shape index (κ1) is 27.1. The first-order valence-electron chi connectivity index (χ1n) is 13.9. The Morgan fingerprint density at radius 3 is 2.55 bits per heavy atom. The Balaban J connectivity index is 1.08. The number of piperidine rings is 1. The highest BCUT2D eigenvalue weighted by Crippen LogP contribution is 2.35. The van der Waals surface area contributed by atoms with Gasteiger partial charge in [0, 0.05) is 40.2 Å². The van der Waals surface area contributed by atoms with Gasteiger partial charge < -0.3 is 4.90 Å². The van der Waals surface area contributed by atoms with E-state index in [1.165, 1.54) is 21.6 Å². The molecule has 3 aromatic rings. The van der Waals surface area contributed by atoms with E-state index in [4.69, 9.17) is 11.6 Å². The largest absolute Gasteiger partial charge is 0.322 e. The first-order valence-corrected chi connectivity index (χ1v) is 15.2. The van der Waals surface area contributed by atoms with Crippen LogP contribution in [0.15, 0.2) is 71.6 Å². The van der Waals surface area contributed by atoms with Crippen LogP contribution in [0.5, 0.6) is 0 Å². The quantitative estimate of drug-likeness (QED) is 0.371. The molecule has 6 nitrogen and oxygen atoms in total. The summed E-state index contributed by atoms with van der Waals surface area (Å²) in [6.07, 6.45) is 4.05. The van der Waals surface area contributed by atoms with Crippen LogP contribution in [-0.2, 0) is 22.7 Å². The van der Waals surface area contributed by atoms with Crippen molar-refractivity contribution in [3.8, 4) is 11.1 Å². The average Bonchev–Trinajstić information content (AvgIpc) is 3.11. The lowest BCUT2D eigenvalue weighted by Crippen LogP contribution is -2.52. The third kappa shape index (κ3) is 5.82. The summed E-state index contributed by atoms with van der Waals surface area (Å²) in [6, 6.07) is 22.2. The third-order valence-electron chi connectivity index (χ3n) is 8.13. The number of nitrogens with zero attached hydrogens (tertiary/aromatic N) is 2. The average molecular weight is 574 g/mol. The van der Waals surface area contributed by atoms with E-state index in [0.29, 0.717) is 23.8 Å². The topological polar surface area (TPSA) is 69.7 Å². The minimum absolute atomic E-state index is 0.120. The molecule has 8 heteroatoms. The highest BCUT2D eigenvalue weighted by atomic mass is 35.5. The Bertz CT molecular complexity index is 1440. The van der Waals surface area contributed by atoms with E-state index in [1.807, 2.05) is 36.0 Å². The zero-order valence-electron chi connectivity index (χ0n) is 22.3. The van der Waals surface area contributed by atoms with E-state index in [1.54, 1.807) is 4.90 Å². The molecule has 3 aliphatic heterocycles. The number of halogens is 1. The molecule has 206 valence electrons. The van der Waals surface area contributed by atoms with Crippen molar-refractivity contribution in [3.05, 3.63) is 88.4 Å². The molecule has 40 heavy (non-hydrogen) atoms. The van der Waals surface area contributed by atoms with Gasteiger partial charge in [0.25, 0.3) is 5.91 Å². The van der Waals surface area contributed by atoms with E-state index in [2.05, 4.69) is 52.7 Å². The summed E-state index contributed by atoms with van der Waals surface area (Å²) in [6.45, 7) is 3.46. The molecule has 2 atom stereocenters. The Kier molecular flexibility index (Phi) is 7.96. The van der Waals surface area contributed by atoms with Crippen LogP contribution >= 0.6 is 23.4 Å². The van der Waals surface area contributed by atoms with Crippen LogP contribution < -0.4 is 5.32 Å². The molecule has 0 spiro atoms. The maximum atomic E-state index is 13.0. The van der Waals surface area contributed by atoms with Crippen molar-refractivity contribution in [3.63, 3.8) is 0 Å². The van der Waals surface area contributed by atoms with Gasteiger partial charge in [-0.25, -0.2) is 0 Å². The van der Waals surface area contributed by atoms with E-state index in [0.717, 1.165) is 49.5 Å². The lowest BCUT2D eigenvalue weighted by molar-refractivity contribution is -0.136. The number of rotatable bonds is 6. The Morgan fingerprint density at radius 2 is 1.73 bits per heavy atom. The minimum Gasteiger partial charge on any atom is -0.322 e. The van der Waals surface area contributed by atoms with Gasteiger partial charge in [0.2, 0.25) is 11.8 Å². The molecule has 0 bridgehead atoms. The zero-order valence-corrected chi connectivity index (χ0v) is 23.8. The maximum absolute atomic E-state index is 13.0. The zero-order chi connectivity index (χ0) is 27.6. The Labute approximate surface area is 244 Å². The molecule has 0 radical (unpaired) electrons. The fraction of sp³-hybridized carbons (Fsp3) is 0.344. The first-order chi connectivity index (χ1) is 19.4. The Morgan fingerprint density at radius 1 is 0.900 bits per heavy atom. The predicted octanol–water partition coefficient (Wildman–Crippen LogP) is 5.91. The summed E-state index contributed by atoms with van der Waals surface area (Å²) in [4.78, 5) is 42.3. The molecule has 0 saturated carbocycles. The summed E-state index contributed by atoms with van der Waals surface area (Å²) in [5.41, 5.74) is 5.41. The van der Waals surface area contributed by atoms with Gasteiger partial charge >= 0.3 is 0 Å². The van der Waals surface area contributed by atoms with Gasteiger partial charge in [0.1, 0.15) is 6.04 Å². The van der Waals surface area contributed by atoms with Crippen LogP contribution in [0.2, 0.25) is 5.02 Å². The lowest BCUT2D eigenvalue weighted by atomic mass is 9.99. The van der Waals surface area contributed by atoms with Gasteiger partial charge in [-0.2, -0.15) is 0 Å². The molecule has 2 saturated heterocycles. The van der Waals surface area contributed by atoms with Gasteiger partial charge in [-0.3, -0.25) is 24.6 Å². The molecule has 3 aromatic carbocycles. The van der Waals surface area contributed by atoms with E-state index in [9.17, 15) is 14.4 Å². The fourth-order valence-electron chi connectivity index (χ4n) is 6.03. The fourth-order valence-corrected chi connectivity index (χ4v) is 7.40. The summed E-state index contributed by atoms with van der Waals surface area (Å²) >= 11 is 8.01. The third-order valence-corrected chi connectivity index (χ3v) is 9.71. The van der Waals surface area contributed by atoms with Gasteiger partial charge in [-0.1, -0.05) is 48.0 Å². The number of carbonyl (C=O) groups excluding carboxylic acids is 3. The highest BCUT2D eigenvalue weighted by Gasteiger charge is 2.39. The number of hydrogen-bond donors (Lipinski definition) is 1. The summed E-state index contributed by atoms with van der Waals surface area (Å²) in [7, 11) is 0. The summed E-state index contributed by atoms with van der Waals surface area (Å²) in [5.74, 6) is -0.757. The molecule has 0 aliphatic carbocycles. The van der Waals surface area contributed by atoms with Gasteiger partial charge in [-0.15, -0.1) is 11.8 Å². The molecule has 0 aromatic heterocycles. The smallest absolute Gasteiger partial charge is 0.255 e. The second kappa shape index (κ2) is 11.8. The number of nitrogens with one attached hydrogen (secondary N) is 1. The van der Waals surface area contributed by atoms with Crippen molar-refractivity contribution in [1.82, 2.24) is 15.1 Å². The molecule has 6 rings (SSSR count). The number of amides is 3. The standard InChI is InChI=1S/C32H32ClN3O3S/c33-24-9-7-21(8-10-24)27-6-2-1-4-22(27)19-35-16-3-5-25(15-17-35)40-26-11-12-28-23(18-26)20-36(32(28)39)29-13-14-30(37)34-31(29)38/h1-2,4,6-12,18,25,29H,3,5,13-17,19-20H2,(H,34,37,38). The molecular weight excluding hydrogens is 542 g/mol. The minimum atomic E-state index is -0.577. The monoisotopic (exact) mass is 573 g/mol. The number of likely N-dealkylation sites (tertiary alicyclic amines) is 1. The molecular formula is C32H32ClN3O3S. The van der Waals surface area contributed by atoms with Crippen molar-refractivity contribution in [2.75, 3.05) is 13.1 Å². The summed E-state index contributed by atoms with van der Waals surface area (Å²) in [5, 5.41) is 3.63. The van der Waals surface area contributed by atoms with Crippen molar-refractivity contribution >= 4 is 41.1 Å². The number of hydrogen-bond acceptors (Lipinski definition) is 5. The second-order valence-electron chi connectivity index (χ2n) is 10.8. The van der Waals surface area contributed by atoms with Gasteiger partial charge in [-0.05, 0) is 91.4 Å². The normalized spacial score (nSPS) is 21.7. The molecule has 3 heterocycles. The van der Waals surface area contributed by atoms with Crippen molar-refractivity contribution in [1.29, 1.82) is 0 Å². The van der Waals surface area contributed by atoms with Gasteiger partial charge in [0.05, 0.1) is 0 Å². The van der Waals surface area contributed by atoms with Gasteiger partial charge in [0.15, 0.2) is 0 Å².